The molecule has 0 atom stereocenters. The number of nitro groups is 1. The van der Waals surface area contributed by atoms with E-state index in [1.807, 2.05) is 13.1 Å². The molecule has 1 aromatic rings. The van der Waals surface area contributed by atoms with E-state index in [4.69, 9.17) is 0 Å². The van der Waals surface area contributed by atoms with Crippen LogP contribution in [0, 0.1) is 16.0 Å². The summed E-state index contributed by atoms with van der Waals surface area (Å²) >= 11 is 0. The molecule has 1 fully saturated rings. The molecule has 0 radical (unpaired) electrons. The Morgan fingerprint density at radius 3 is 2.89 bits per heavy atom. The van der Waals surface area contributed by atoms with Crippen molar-refractivity contribution in [3.05, 3.63) is 46.1 Å². The van der Waals surface area contributed by atoms with Crippen LogP contribution in [0.4, 0.5) is 5.69 Å². The fourth-order valence-electron chi connectivity index (χ4n) is 2.48. The molecule has 0 N–H and O–H groups in total. The van der Waals surface area contributed by atoms with E-state index in [1.54, 1.807) is 12.1 Å². The van der Waals surface area contributed by atoms with E-state index in [9.17, 15) is 10.1 Å². The van der Waals surface area contributed by atoms with Crippen LogP contribution in [0.2, 0.25) is 0 Å². The second-order valence-corrected chi connectivity index (χ2v) is 5.39. The largest absolute Gasteiger partial charge is 0.361 e. The van der Waals surface area contributed by atoms with Crippen molar-refractivity contribution < 1.29 is 4.92 Å². The van der Waals surface area contributed by atoms with Gasteiger partial charge in [-0.1, -0.05) is 12.1 Å². The maximum absolute atomic E-state index is 10.9. The van der Waals surface area contributed by atoms with Gasteiger partial charge < -0.3 is 9.80 Å². The third-order valence-corrected chi connectivity index (χ3v) is 3.61. The minimum Gasteiger partial charge on any atom is -0.361 e. The molecule has 5 nitrogen and oxygen atoms in total. The molecule has 0 saturated heterocycles. The second-order valence-electron chi connectivity index (χ2n) is 5.39. The van der Waals surface area contributed by atoms with E-state index >= 15 is 0 Å². The molecule has 0 bridgehead atoms. The lowest BCUT2D eigenvalue weighted by Crippen LogP contribution is -2.26. The van der Waals surface area contributed by atoms with Crippen LogP contribution in [0.5, 0.6) is 0 Å². The molecule has 3 rings (SSSR count). The van der Waals surface area contributed by atoms with Gasteiger partial charge in [-0.3, -0.25) is 10.1 Å². The fraction of sp³-hybridized carbons (Fsp3) is 0.429. The van der Waals surface area contributed by atoms with Crippen molar-refractivity contribution in [3.8, 4) is 0 Å². The third-order valence-electron chi connectivity index (χ3n) is 3.61. The zero-order valence-corrected chi connectivity index (χ0v) is 11.0. The standard InChI is InChI=1S/C14H17N3O2/c1-15-9-14(16(10-15)8-11-5-6-11)12-3-2-4-13(7-12)17(18)19/h2-4,7,9,11H,5-6,8,10H2,1H3. The Morgan fingerprint density at radius 2 is 2.21 bits per heavy atom. The first-order valence-corrected chi connectivity index (χ1v) is 6.55. The molecule has 19 heavy (non-hydrogen) atoms. The van der Waals surface area contributed by atoms with Gasteiger partial charge in [0.25, 0.3) is 5.69 Å². The highest BCUT2D eigenvalue weighted by molar-refractivity contribution is 5.67. The topological polar surface area (TPSA) is 49.6 Å². The zero-order chi connectivity index (χ0) is 13.4. The summed E-state index contributed by atoms with van der Waals surface area (Å²) in [4.78, 5) is 15.0. The van der Waals surface area contributed by atoms with Crippen LogP contribution in [0.15, 0.2) is 30.5 Å². The van der Waals surface area contributed by atoms with E-state index in [0.29, 0.717) is 0 Å². The molecule has 0 aromatic heterocycles. The minimum absolute atomic E-state index is 0.152. The summed E-state index contributed by atoms with van der Waals surface area (Å²) in [6.45, 7) is 1.92. The van der Waals surface area contributed by atoms with Gasteiger partial charge in [-0.15, -0.1) is 0 Å². The molecule has 5 heteroatoms. The van der Waals surface area contributed by atoms with Gasteiger partial charge in [-0.05, 0) is 18.8 Å². The summed E-state index contributed by atoms with van der Waals surface area (Å²) in [6, 6.07) is 6.89. The van der Waals surface area contributed by atoms with E-state index in [1.165, 1.54) is 18.9 Å². The zero-order valence-electron chi connectivity index (χ0n) is 11.0. The highest BCUT2D eigenvalue weighted by Gasteiger charge is 2.29. The van der Waals surface area contributed by atoms with Crippen LogP contribution in [-0.4, -0.2) is 35.0 Å². The third kappa shape index (κ3) is 2.54. The Balaban J connectivity index is 1.87. The van der Waals surface area contributed by atoms with Gasteiger partial charge >= 0.3 is 0 Å². The number of nitrogens with zero attached hydrogens (tertiary/aromatic N) is 3. The lowest BCUT2D eigenvalue weighted by Gasteiger charge is -2.22. The maximum Gasteiger partial charge on any atom is 0.270 e. The highest BCUT2D eigenvalue weighted by Crippen LogP contribution is 2.35. The lowest BCUT2D eigenvalue weighted by atomic mass is 10.1. The Labute approximate surface area is 112 Å². The Morgan fingerprint density at radius 1 is 1.42 bits per heavy atom. The van der Waals surface area contributed by atoms with Crippen molar-refractivity contribution in [2.24, 2.45) is 5.92 Å². The van der Waals surface area contributed by atoms with Gasteiger partial charge in [-0.2, -0.15) is 0 Å². The molecule has 1 aliphatic heterocycles. The number of hydrogen-bond acceptors (Lipinski definition) is 4. The molecule has 2 aliphatic rings. The number of benzene rings is 1. The molecule has 1 aliphatic carbocycles. The SMILES string of the molecule is CN1C=C(c2cccc([N+](=O)[O-])c2)N(CC2CC2)C1. The van der Waals surface area contributed by atoms with Gasteiger partial charge in [0.15, 0.2) is 0 Å². The number of hydrogen-bond donors (Lipinski definition) is 0. The van der Waals surface area contributed by atoms with Gasteiger partial charge in [0.1, 0.15) is 0 Å². The Kier molecular flexibility index (Phi) is 2.89. The molecule has 1 aromatic carbocycles. The van der Waals surface area contributed by atoms with Crippen LogP contribution in [0.1, 0.15) is 18.4 Å². The average molecular weight is 259 g/mol. The number of nitro benzene ring substituents is 1. The van der Waals surface area contributed by atoms with Gasteiger partial charge in [-0.25, -0.2) is 0 Å². The molecule has 1 heterocycles. The van der Waals surface area contributed by atoms with Crippen molar-refractivity contribution in [2.75, 3.05) is 20.3 Å². The Bertz CT molecular complexity index is 537. The van der Waals surface area contributed by atoms with Gasteiger partial charge in [0.05, 0.1) is 17.3 Å². The fourth-order valence-corrected chi connectivity index (χ4v) is 2.48. The first-order chi connectivity index (χ1) is 9.13. The summed E-state index contributed by atoms with van der Waals surface area (Å²) in [6.07, 6.45) is 4.69. The smallest absolute Gasteiger partial charge is 0.270 e. The predicted molar refractivity (Wildman–Crippen MR) is 73.1 cm³/mol. The van der Waals surface area contributed by atoms with E-state index in [-0.39, 0.29) is 10.6 Å². The molecule has 0 spiro atoms. The van der Waals surface area contributed by atoms with Crippen LogP contribution in [0.25, 0.3) is 5.70 Å². The molecule has 0 amide bonds. The monoisotopic (exact) mass is 259 g/mol. The molecular formula is C14H17N3O2. The van der Waals surface area contributed by atoms with E-state index < -0.39 is 0 Å². The summed E-state index contributed by atoms with van der Waals surface area (Å²) in [5.74, 6) is 0.800. The van der Waals surface area contributed by atoms with Crippen molar-refractivity contribution >= 4 is 11.4 Å². The Hall–Kier alpha value is -2.04. The first-order valence-electron chi connectivity index (χ1n) is 6.55. The first kappa shape index (κ1) is 12.0. The second kappa shape index (κ2) is 4.57. The van der Waals surface area contributed by atoms with Gasteiger partial charge in [0.2, 0.25) is 0 Å². The van der Waals surface area contributed by atoms with Crippen molar-refractivity contribution in [2.45, 2.75) is 12.8 Å². The number of rotatable bonds is 4. The van der Waals surface area contributed by atoms with E-state index in [2.05, 4.69) is 16.0 Å². The summed E-state index contributed by atoms with van der Waals surface area (Å²) in [5.41, 5.74) is 2.18. The molecule has 0 unspecified atom stereocenters. The molecule has 100 valence electrons. The van der Waals surface area contributed by atoms with Crippen LogP contribution >= 0.6 is 0 Å². The van der Waals surface area contributed by atoms with Crippen molar-refractivity contribution in [1.29, 1.82) is 0 Å². The van der Waals surface area contributed by atoms with Gasteiger partial charge in [0, 0.05) is 37.5 Å². The lowest BCUT2D eigenvalue weighted by molar-refractivity contribution is -0.384. The molecule has 1 saturated carbocycles. The maximum atomic E-state index is 10.9. The van der Waals surface area contributed by atoms with Crippen LogP contribution < -0.4 is 0 Å². The molecular weight excluding hydrogens is 242 g/mol. The highest BCUT2D eigenvalue weighted by atomic mass is 16.6. The van der Waals surface area contributed by atoms with Crippen LogP contribution in [0.3, 0.4) is 0 Å². The predicted octanol–water partition coefficient (Wildman–Crippen LogP) is 2.51. The summed E-state index contributed by atoms with van der Waals surface area (Å²) < 4.78 is 0. The quantitative estimate of drug-likeness (QED) is 0.616. The summed E-state index contributed by atoms with van der Waals surface area (Å²) in [7, 11) is 2.03. The van der Waals surface area contributed by atoms with E-state index in [0.717, 1.165) is 30.4 Å². The number of non-ortho nitro benzene ring substituents is 1. The van der Waals surface area contributed by atoms with Crippen LogP contribution in [-0.2, 0) is 0 Å². The normalized spacial score (nSPS) is 18.7. The van der Waals surface area contributed by atoms with Crippen molar-refractivity contribution in [1.82, 2.24) is 9.80 Å². The minimum atomic E-state index is -0.339. The summed E-state index contributed by atoms with van der Waals surface area (Å²) in [5, 5.41) is 10.9. The van der Waals surface area contributed by atoms with Crippen molar-refractivity contribution in [3.63, 3.8) is 0 Å². The average Bonchev–Trinajstić information content (AvgIpc) is 3.12.